The third-order valence-corrected chi connectivity index (χ3v) is 4.69. The van der Waals surface area contributed by atoms with Gasteiger partial charge in [-0.05, 0) is 31.0 Å². The van der Waals surface area contributed by atoms with Crippen molar-refractivity contribution < 1.29 is 0 Å². The Kier molecular flexibility index (Phi) is 4.65. The van der Waals surface area contributed by atoms with Crippen molar-refractivity contribution >= 4 is 22.9 Å². The van der Waals surface area contributed by atoms with Crippen LogP contribution in [0.2, 0.25) is 4.34 Å². The number of thiophene rings is 1. The summed E-state index contributed by atoms with van der Waals surface area (Å²) in [6.45, 7) is 1.71. The molecule has 1 saturated carbocycles. The van der Waals surface area contributed by atoms with Crippen LogP contribution in [-0.2, 0) is 0 Å². The van der Waals surface area contributed by atoms with E-state index in [0.29, 0.717) is 6.54 Å². The van der Waals surface area contributed by atoms with Crippen molar-refractivity contribution in [2.24, 2.45) is 11.7 Å². The molecule has 1 aromatic heterocycles. The molecular formula is C12H19ClN2S. The van der Waals surface area contributed by atoms with Crippen molar-refractivity contribution in [2.45, 2.75) is 31.7 Å². The lowest BCUT2D eigenvalue weighted by molar-refractivity contribution is 0.288. The highest BCUT2D eigenvalue weighted by Gasteiger charge is 2.18. The van der Waals surface area contributed by atoms with Gasteiger partial charge in [-0.15, -0.1) is 11.3 Å². The minimum atomic E-state index is 0.276. The SMILES string of the molecule is NCC(NCCC1CCC1)c1ccc(Cl)s1. The van der Waals surface area contributed by atoms with Crippen LogP contribution in [0.15, 0.2) is 12.1 Å². The Morgan fingerprint density at radius 2 is 2.31 bits per heavy atom. The van der Waals surface area contributed by atoms with E-state index < -0.39 is 0 Å². The quantitative estimate of drug-likeness (QED) is 0.823. The summed E-state index contributed by atoms with van der Waals surface area (Å²) in [5.74, 6) is 0.956. The number of halogens is 1. The molecule has 2 rings (SSSR count). The molecule has 1 aliphatic carbocycles. The van der Waals surface area contributed by atoms with E-state index in [1.807, 2.05) is 6.07 Å². The maximum Gasteiger partial charge on any atom is 0.0931 e. The van der Waals surface area contributed by atoms with Crippen LogP contribution in [0.3, 0.4) is 0 Å². The second-order valence-corrected chi connectivity index (χ2v) is 6.22. The van der Waals surface area contributed by atoms with Crippen LogP contribution in [0, 0.1) is 5.92 Å². The van der Waals surface area contributed by atoms with Gasteiger partial charge in [-0.25, -0.2) is 0 Å². The van der Waals surface area contributed by atoms with Crippen molar-refractivity contribution in [3.05, 3.63) is 21.3 Å². The van der Waals surface area contributed by atoms with Gasteiger partial charge in [0.05, 0.1) is 10.4 Å². The molecule has 0 spiro atoms. The van der Waals surface area contributed by atoms with Gasteiger partial charge in [0.15, 0.2) is 0 Å². The standard InChI is InChI=1S/C12H19ClN2S/c13-12-5-4-11(16-12)10(8-14)15-7-6-9-2-1-3-9/h4-5,9-10,15H,1-3,6-8,14H2. The summed E-state index contributed by atoms with van der Waals surface area (Å²) in [5, 5.41) is 3.52. The fourth-order valence-corrected chi connectivity index (χ4v) is 3.21. The summed E-state index contributed by atoms with van der Waals surface area (Å²) in [6, 6.07) is 4.29. The summed E-state index contributed by atoms with van der Waals surface area (Å²) in [6.07, 6.45) is 5.54. The Labute approximate surface area is 106 Å². The van der Waals surface area contributed by atoms with E-state index >= 15 is 0 Å². The molecule has 1 atom stereocenters. The van der Waals surface area contributed by atoms with Crippen LogP contribution in [0.5, 0.6) is 0 Å². The molecule has 0 amide bonds. The number of nitrogens with two attached hydrogens (primary N) is 1. The van der Waals surface area contributed by atoms with Gasteiger partial charge in [0.1, 0.15) is 0 Å². The minimum absolute atomic E-state index is 0.276. The number of rotatable bonds is 6. The van der Waals surface area contributed by atoms with E-state index in [1.165, 1.54) is 30.6 Å². The van der Waals surface area contributed by atoms with E-state index in [4.69, 9.17) is 17.3 Å². The molecule has 0 saturated heterocycles. The first-order valence-electron chi connectivity index (χ1n) is 5.98. The average molecular weight is 259 g/mol. The number of nitrogens with one attached hydrogen (secondary N) is 1. The van der Waals surface area contributed by atoms with E-state index in [-0.39, 0.29) is 6.04 Å². The number of hydrogen-bond donors (Lipinski definition) is 2. The van der Waals surface area contributed by atoms with Gasteiger partial charge >= 0.3 is 0 Å². The molecule has 1 fully saturated rings. The zero-order valence-electron chi connectivity index (χ0n) is 9.42. The van der Waals surface area contributed by atoms with Gasteiger partial charge in [-0.3, -0.25) is 0 Å². The second kappa shape index (κ2) is 6.01. The highest BCUT2D eigenvalue weighted by molar-refractivity contribution is 7.16. The number of hydrogen-bond acceptors (Lipinski definition) is 3. The molecular weight excluding hydrogens is 240 g/mol. The maximum absolute atomic E-state index is 5.93. The molecule has 1 aliphatic rings. The Bertz CT molecular complexity index is 323. The van der Waals surface area contributed by atoms with E-state index in [2.05, 4.69) is 11.4 Å². The lowest BCUT2D eigenvalue weighted by atomic mass is 9.83. The Morgan fingerprint density at radius 3 is 2.81 bits per heavy atom. The molecule has 4 heteroatoms. The normalized spacial score (nSPS) is 18.4. The second-order valence-electron chi connectivity index (χ2n) is 4.47. The third kappa shape index (κ3) is 3.20. The van der Waals surface area contributed by atoms with Crippen molar-refractivity contribution in [3.8, 4) is 0 Å². The summed E-state index contributed by atoms with van der Waals surface area (Å²) in [5.41, 5.74) is 5.78. The first kappa shape index (κ1) is 12.4. The Hall–Kier alpha value is -0.0900. The molecule has 90 valence electrons. The first-order valence-corrected chi connectivity index (χ1v) is 7.17. The van der Waals surface area contributed by atoms with Crippen LogP contribution >= 0.6 is 22.9 Å². The molecule has 0 aromatic carbocycles. The summed E-state index contributed by atoms with van der Waals surface area (Å²) in [4.78, 5) is 1.25. The smallest absolute Gasteiger partial charge is 0.0931 e. The Balaban J connectivity index is 1.76. The minimum Gasteiger partial charge on any atom is -0.329 e. The molecule has 1 unspecified atom stereocenters. The monoisotopic (exact) mass is 258 g/mol. The highest BCUT2D eigenvalue weighted by Crippen LogP contribution is 2.30. The highest BCUT2D eigenvalue weighted by atomic mass is 35.5. The van der Waals surface area contributed by atoms with Crippen LogP contribution in [0.1, 0.15) is 36.6 Å². The summed E-state index contributed by atoms with van der Waals surface area (Å²) >= 11 is 7.55. The third-order valence-electron chi connectivity index (χ3n) is 3.34. The van der Waals surface area contributed by atoms with Gasteiger partial charge in [0.25, 0.3) is 0 Å². The van der Waals surface area contributed by atoms with Gasteiger partial charge in [0, 0.05) is 11.4 Å². The fourth-order valence-electron chi connectivity index (χ4n) is 2.06. The molecule has 0 bridgehead atoms. The van der Waals surface area contributed by atoms with Crippen LogP contribution in [0.4, 0.5) is 0 Å². The van der Waals surface area contributed by atoms with E-state index in [1.54, 1.807) is 11.3 Å². The van der Waals surface area contributed by atoms with Crippen molar-refractivity contribution in [2.75, 3.05) is 13.1 Å². The van der Waals surface area contributed by atoms with Crippen molar-refractivity contribution in [3.63, 3.8) is 0 Å². The topological polar surface area (TPSA) is 38.0 Å². The molecule has 0 radical (unpaired) electrons. The fraction of sp³-hybridized carbons (Fsp3) is 0.667. The zero-order valence-corrected chi connectivity index (χ0v) is 11.0. The van der Waals surface area contributed by atoms with E-state index in [9.17, 15) is 0 Å². The lowest BCUT2D eigenvalue weighted by Gasteiger charge is -2.26. The summed E-state index contributed by atoms with van der Waals surface area (Å²) < 4.78 is 0.842. The molecule has 1 aromatic rings. The lowest BCUT2D eigenvalue weighted by Crippen LogP contribution is -2.30. The largest absolute Gasteiger partial charge is 0.329 e. The van der Waals surface area contributed by atoms with Gasteiger partial charge in [-0.1, -0.05) is 30.9 Å². The van der Waals surface area contributed by atoms with Gasteiger partial charge in [-0.2, -0.15) is 0 Å². The average Bonchev–Trinajstić information content (AvgIpc) is 2.62. The van der Waals surface area contributed by atoms with Crippen molar-refractivity contribution in [1.29, 1.82) is 0 Å². The molecule has 0 aliphatic heterocycles. The molecule has 2 nitrogen and oxygen atoms in total. The van der Waals surface area contributed by atoms with Gasteiger partial charge in [0.2, 0.25) is 0 Å². The predicted molar refractivity (Wildman–Crippen MR) is 71.1 cm³/mol. The van der Waals surface area contributed by atoms with Crippen LogP contribution in [-0.4, -0.2) is 13.1 Å². The predicted octanol–water partition coefficient (Wildman–Crippen LogP) is 3.18. The molecule has 3 N–H and O–H groups in total. The Morgan fingerprint density at radius 1 is 1.50 bits per heavy atom. The van der Waals surface area contributed by atoms with E-state index in [0.717, 1.165) is 16.8 Å². The van der Waals surface area contributed by atoms with Crippen LogP contribution < -0.4 is 11.1 Å². The van der Waals surface area contributed by atoms with Crippen LogP contribution in [0.25, 0.3) is 0 Å². The maximum atomic E-state index is 5.93. The molecule has 1 heterocycles. The summed E-state index contributed by atoms with van der Waals surface area (Å²) in [7, 11) is 0. The first-order chi connectivity index (χ1) is 7.79. The van der Waals surface area contributed by atoms with Gasteiger partial charge < -0.3 is 11.1 Å². The van der Waals surface area contributed by atoms with Crippen molar-refractivity contribution in [1.82, 2.24) is 5.32 Å². The molecule has 16 heavy (non-hydrogen) atoms. The zero-order chi connectivity index (χ0) is 11.4.